The molecule has 3 atom stereocenters. The fourth-order valence-corrected chi connectivity index (χ4v) is 5.16. The van der Waals surface area contributed by atoms with Crippen molar-refractivity contribution in [1.29, 1.82) is 0 Å². The van der Waals surface area contributed by atoms with Crippen molar-refractivity contribution in [2.75, 3.05) is 26.2 Å². The number of rotatable bonds is 2. The van der Waals surface area contributed by atoms with Crippen molar-refractivity contribution in [3.8, 4) is 0 Å². The van der Waals surface area contributed by atoms with Crippen molar-refractivity contribution in [1.82, 2.24) is 14.7 Å². The highest BCUT2D eigenvalue weighted by Crippen LogP contribution is 2.43. The van der Waals surface area contributed by atoms with E-state index in [0.717, 1.165) is 51.9 Å². The second-order valence-electron chi connectivity index (χ2n) is 7.70. The van der Waals surface area contributed by atoms with Gasteiger partial charge in [0.1, 0.15) is 0 Å². The molecule has 4 rings (SSSR count). The van der Waals surface area contributed by atoms with E-state index in [4.69, 9.17) is 0 Å². The third kappa shape index (κ3) is 2.68. The first-order valence-corrected chi connectivity index (χ1v) is 10.1. The highest BCUT2D eigenvalue weighted by atomic mass is 16.2. The van der Waals surface area contributed by atoms with Gasteiger partial charge in [0.05, 0.1) is 12.0 Å². The molecule has 0 radical (unpaired) electrons. The zero-order valence-electron chi connectivity index (χ0n) is 15.9. The van der Waals surface area contributed by atoms with E-state index in [9.17, 15) is 9.59 Å². The molecule has 0 bridgehead atoms. The lowest BCUT2D eigenvalue weighted by Gasteiger charge is -2.52. The molecule has 0 aromatic heterocycles. The van der Waals surface area contributed by atoms with Crippen LogP contribution < -0.4 is 0 Å². The summed E-state index contributed by atoms with van der Waals surface area (Å²) in [6, 6.07) is 8.77. The molecule has 0 N–H and O–H groups in total. The van der Waals surface area contributed by atoms with E-state index < -0.39 is 0 Å². The summed E-state index contributed by atoms with van der Waals surface area (Å²) in [4.78, 5) is 32.3. The Morgan fingerprint density at radius 2 is 1.96 bits per heavy atom. The zero-order chi connectivity index (χ0) is 18.3. The summed E-state index contributed by atoms with van der Waals surface area (Å²) < 4.78 is 0. The van der Waals surface area contributed by atoms with Crippen molar-refractivity contribution >= 4 is 11.9 Å². The number of hydrogen-bond acceptors (Lipinski definition) is 2. The maximum Gasteiger partial charge on any atom is 0.320 e. The molecule has 1 aromatic rings. The van der Waals surface area contributed by atoms with Gasteiger partial charge in [-0.05, 0) is 50.7 Å². The summed E-state index contributed by atoms with van der Waals surface area (Å²) in [5.74, 6) is 0.238. The van der Waals surface area contributed by atoms with Crippen LogP contribution in [0.4, 0.5) is 4.79 Å². The molecule has 3 unspecified atom stereocenters. The van der Waals surface area contributed by atoms with Crippen molar-refractivity contribution in [2.45, 2.75) is 51.6 Å². The maximum absolute atomic E-state index is 13.3. The number of fused-ring (bicyclic) bond motifs is 4. The molecule has 0 spiro atoms. The topological polar surface area (TPSA) is 43.9 Å². The molecule has 3 aliphatic rings. The minimum Gasteiger partial charge on any atom is -0.335 e. The van der Waals surface area contributed by atoms with Crippen LogP contribution in [-0.2, 0) is 11.2 Å². The van der Waals surface area contributed by atoms with E-state index in [1.54, 1.807) is 0 Å². The summed E-state index contributed by atoms with van der Waals surface area (Å²) in [6.45, 7) is 7.07. The summed E-state index contributed by atoms with van der Waals surface area (Å²) in [6.07, 6.45) is 3.66. The predicted molar refractivity (Wildman–Crippen MR) is 101 cm³/mol. The van der Waals surface area contributed by atoms with Crippen LogP contribution in [0.3, 0.4) is 0 Å². The number of nitrogens with zero attached hydrogens (tertiary/aromatic N) is 3. The molecule has 3 heterocycles. The summed E-state index contributed by atoms with van der Waals surface area (Å²) in [7, 11) is 0. The second-order valence-corrected chi connectivity index (χ2v) is 7.70. The van der Waals surface area contributed by atoms with Crippen molar-refractivity contribution in [3.63, 3.8) is 0 Å². The fourth-order valence-electron chi connectivity index (χ4n) is 5.16. The van der Waals surface area contributed by atoms with E-state index >= 15 is 0 Å². The molecule has 2 fully saturated rings. The third-order valence-corrected chi connectivity index (χ3v) is 6.54. The Hall–Kier alpha value is -2.04. The molecule has 2 saturated heterocycles. The number of benzene rings is 1. The number of likely N-dealkylation sites (tertiary alicyclic amines) is 1. The molecule has 3 amide bonds. The van der Waals surface area contributed by atoms with Crippen molar-refractivity contribution < 1.29 is 9.59 Å². The monoisotopic (exact) mass is 355 g/mol. The molecule has 5 nitrogen and oxygen atoms in total. The van der Waals surface area contributed by atoms with E-state index in [0.29, 0.717) is 0 Å². The smallest absolute Gasteiger partial charge is 0.320 e. The van der Waals surface area contributed by atoms with Gasteiger partial charge in [-0.2, -0.15) is 0 Å². The van der Waals surface area contributed by atoms with E-state index in [1.165, 1.54) is 11.1 Å². The van der Waals surface area contributed by atoms with Gasteiger partial charge in [-0.25, -0.2) is 4.79 Å². The molecule has 0 saturated carbocycles. The van der Waals surface area contributed by atoms with Crippen LogP contribution in [0, 0.1) is 5.92 Å². The van der Waals surface area contributed by atoms with Crippen LogP contribution in [0.25, 0.3) is 0 Å². The van der Waals surface area contributed by atoms with E-state index in [2.05, 4.69) is 29.2 Å². The molecule has 0 aliphatic carbocycles. The van der Waals surface area contributed by atoms with Crippen LogP contribution in [0.2, 0.25) is 0 Å². The van der Waals surface area contributed by atoms with Crippen molar-refractivity contribution in [3.05, 3.63) is 35.4 Å². The summed E-state index contributed by atoms with van der Waals surface area (Å²) in [5.41, 5.74) is 2.64. The maximum atomic E-state index is 13.3. The summed E-state index contributed by atoms with van der Waals surface area (Å²) in [5, 5.41) is 0. The molecular formula is C21H29N3O2. The highest BCUT2D eigenvalue weighted by molar-refractivity contribution is 5.83. The minimum absolute atomic E-state index is 0.0234. The van der Waals surface area contributed by atoms with E-state index in [-0.39, 0.29) is 29.9 Å². The lowest BCUT2D eigenvalue weighted by atomic mass is 9.76. The Balaban J connectivity index is 1.65. The van der Waals surface area contributed by atoms with Gasteiger partial charge in [-0.3, -0.25) is 4.79 Å². The van der Waals surface area contributed by atoms with Gasteiger partial charge in [-0.1, -0.05) is 24.3 Å². The SMILES string of the molecule is CCN(CC)C(=O)N1CCCC2C(=O)N3CCc4ccccc4C3CC21. The average Bonchev–Trinajstić information content (AvgIpc) is 2.68. The first-order valence-electron chi connectivity index (χ1n) is 10.1. The molecular weight excluding hydrogens is 326 g/mol. The Labute approximate surface area is 155 Å². The van der Waals surface area contributed by atoms with E-state index in [1.807, 2.05) is 23.6 Å². The molecule has 5 heteroatoms. The number of amides is 3. The van der Waals surface area contributed by atoms with Gasteiger partial charge in [0.2, 0.25) is 5.91 Å². The first kappa shape index (κ1) is 17.4. The molecule has 26 heavy (non-hydrogen) atoms. The molecule has 140 valence electrons. The molecule has 1 aromatic carbocycles. The van der Waals surface area contributed by atoms with Gasteiger partial charge < -0.3 is 14.7 Å². The normalized spacial score (nSPS) is 27.5. The van der Waals surface area contributed by atoms with Crippen LogP contribution in [0.1, 0.15) is 50.3 Å². The largest absolute Gasteiger partial charge is 0.335 e. The van der Waals surface area contributed by atoms with Crippen LogP contribution >= 0.6 is 0 Å². The number of carbonyl (C=O) groups excluding carboxylic acids is 2. The average molecular weight is 355 g/mol. The fraction of sp³-hybridized carbons (Fsp3) is 0.619. The Morgan fingerprint density at radius 1 is 1.19 bits per heavy atom. The van der Waals surface area contributed by atoms with Gasteiger partial charge in [0.15, 0.2) is 0 Å². The van der Waals surface area contributed by atoms with Gasteiger partial charge in [-0.15, -0.1) is 0 Å². The zero-order valence-corrected chi connectivity index (χ0v) is 15.9. The van der Waals surface area contributed by atoms with Crippen LogP contribution in [0.15, 0.2) is 24.3 Å². The Morgan fingerprint density at radius 3 is 2.73 bits per heavy atom. The third-order valence-electron chi connectivity index (χ3n) is 6.54. The predicted octanol–water partition coefficient (Wildman–Crippen LogP) is 3.06. The quantitative estimate of drug-likeness (QED) is 0.818. The number of hydrogen-bond donors (Lipinski definition) is 0. The number of piperidine rings is 2. The number of carbonyl (C=O) groups is 2. The second kappa shape index (κ2) is 6.93. The Kier molecular flexibility index (Phi) is 4.63. The van der Waals surface area contributed by atoms with Gasteiger partial charge in [0.25, 0.3) is 0 Å². The minimum atomic E-state index is -0.0234. The first-order chi connectivity index (χ1) is 12.7. The highest BCUT2D eigenvalue weighted by Gasteiger charge is 2.48. The lowest BCUT2D eigenvalue weighted by Crippen LogP contribution is -2.61. The van der Waals surface area contributed by atoms with Crippen molar-refractivity contribution in [2.24, 2.45) is 5.92 Å². The molecule has 3 aliphatic heterocycles. The number of urea groups is 1. The van der Waals surface area contributed by atoms with Gasteiger partial charge in [0, 0.05) is 32.2 Å². The van der Waals surface area contributed by atoms with Gasteiger partial charge >= 0.3 is 6.03 Å². The summed E-state index contributed by atoms with van der Waals surface area (Å²) >= 11 is 0. The van der Waals surface area contributed by atoms with Crippen LogP contribution in [0.5, 0.6) is 0 Å². The standard InChI is InChI=1S/C21H29N3O2/c1-3-22(4-2)21(26)24-12-7-10-17-19(24)14-18-16-9-6-5-8-15(16)11-13-23(18)20(17)25/h5-6,8-9,17-19H,3-4,7,10-14H2,1-2H3. The Bertz CT molecular complexity index is 700. The lowest BCUT2D eigenvalue weighted by molar-refractivity contribution is -0.148. The van der Waals surface area contributed by atoms with Crippen LogP contribution in [-0.4, -0.2) is 58.9 Å².